The fraction of sp³-hybridized carbons (Fsp3) is 0.773. The molecule has 0 saturated carbocycles. The normalized spacial score (nSPS) is 29.2. The molecule has 34 heavy (non-hydrogen) atoms. The highest BCUT2D eigenvalue weighted by Gasteiger charge is 2.61. The number of rotatable bonds is 5. The lowest BCUT2D eigenvalue weighted by Gasteiger charge is -2.51. The Balaban J connectivity index is 1.78. The summed E-state index contributed by atoms with van der Waals surface area (Å²) >= 11 is 0. The Labute approximate surface area is 202 Å². The van der Waals surface area contributed by atoms with Crippen LogP contribution in [0.25, 0.3) is 11.2 Å². The topological polar surface area (TPSA) is 121 Å². The van der Waals surface area contributed by atoms with Crippen LogP contribution in [0.15, 0.2) is 17.4 Å². The lowest BCUT2D eigenvalue weighted by atomic mass is 10.1. The predicted octanol–water partition coefficient (Wildman–Crippen LogP) is 3.33. The molecule has 2 aliphatic rings. The lowest BCUT2D eigenvalue weighted by molar-refractivity contribution is -0.0570. The van der Waals surface area contributed by atoms with Gasteiger partial charge in [-0.25, -0.2) is 9.97 Å². The van der Waals surface area contributed by atoms with Crippen LogP contribution >= 0.6 is 0 Å². The zero-order chi connectivity index (χ0) is 25.0. The molecule has 0 aromatic carbocycles. The summed E-state index contributed by atoms with van der Waals surface area (Å²) in [6, 6.07) is 0. The quantitative estimate of drug-likeness (QED) is 0.588. The molecule has 2 saturated heterocycles. The summed E-state index contributed by atoms with van der Waals surface area (Å²) in [4.78, 5) is 23.1. The second kappa shape index (κ2) is 9.23. The van der Waals surface area contributed by atoms with E-state index in [2.05, 4.69) is 70.3 Å². The molecule has 2 N–H and O–H groups in total. The molecular weight excluding hydrogens is 472 g/mol. The van der Waals surface area contributed by atoms with Gasteiger partial charge in [-0.3, -0.25) is 9.36 Å². The Hall–Kier alpha value is -1.42. The van der Waals surface area contributed by atoms with Crippen molar-refractivity contribution in [1.82, 2.24) is 19.5 Å². The molecule has 0 aliphatic carbocycles. The molecule has 0 spiro atoms. The summed E-state index contributed by atoms with van der Waals surface area (Å²) in [5.74, 6) is 0. The molecule has 2 fully saturated rings. The van der Waals surface area contributed by atoms with Gasteiger partial charge in [-0.2, -0.15) is 0 Å². The van der Waals surface area contributed by atoms with Crippen molar-refractivity contribution in [3.8, 4) is 0 Å². The van der Waals surface area contributed by atoms with Gasteiger partial charge in [0.15, 0.2) is 17.4 Å². The summed E-state index contributed by atoms with van der Waals surface area (Å²) in [6.07, 6.45) is -0.136. The number of fused-ring (bicyclic) bond motifs is 2. The molecule has 12 heteroatoms. The molecule has 190 valence electrons. The monoisotopic (exact) mass is 510 g/mol. The molecular formula is C22H38N4O6Si2. The molecule has 10 nitrogen and oxygen atoms in total. The maximum absolute atomic E-state index is 12.1. The van der Waals surface area contributed by atoms with Crippen LogP contribution in [0, 0.1) is 0 Å². The zero-order valence-corrected chi connectivity index (χ0v) is 23.3. The number of hydrogen-bond donors (Lipinski definition) is 2. The Morgan fingerprint density at radius 2 is 1.65 bits per heavy atom. The molecule has 2 aromatic rings. The third-order valence-electron chi connectivity index (χ3n) is 7.28. The van der Waals surface area contributed by atoms with E-state index in [1.165, 1.54) is 12.7 Å². The predicted molar refractivity (Wildman–Crippen MR) is 132 cm³/mol. The van der Waals surface area contributed by atoms with Crippen LogP contribution in [0.4, 0.5) is 0 Å². The first-order chi connectivity index (χ1) is 15.9. The first kappa shape index (κ1) is 25.7. The number of nitrogens with zero attached hydrogens (tertiary/aromatic N) is 3. The van der Waals surface area contributed by atoms with Crippen molar-refractivity contribution < 1.29 is 22.8 Å². The third-order valence-corrected chi connectivity index (χ3v) is 17.5. The zero-order valence-electron chi connectivity index (χ0n) is 21.3. The summed E-state index contributed by atoms with van der Waals surface area (Å²) < 4.78 is 28.8. The van der Waals surface area contributed by atoms with Gasteiger partial charge in [0.25, 0.3) is 5.56 Å². The number of imidazole rings is 1. The Morgan fingerprint density at radius 3 is 2.24 bits per heavy atom. The molecule has 0 bridgehead atoms. The van der Waals surface area contributed by atoms with Gasteiger partial charge in [-0.1, -0.05) is 55.4 Å². The average molecular weight is 511 g/mol. The van der Waals surface area contributed by atoms with Crippen molar-refractivity contribution in [3.05, 3.63) is 23.0 Å². The number of aliphatic hydroxyl groups is 1. The third kappa shape index (κ3) is 3.92. The first-order valence-corrected chi connectivity index (χ1v) is 16.1. The minimum absolute atomic E-state index is 0.139. The highest BCUT2D eigenvalue weighted by molar-refractivity contribution is 6.83. The van der Waals surface area contributed by atoms with Crippen LogP contribution in [0.5, 0.6) is 0 Å². The smallest absolute Gasteiger partial charge is 0.335 e. The molecule has 4 unspecified atom stereocenters. The molecule has 2 aromatic heterocycles. The summed E-state index contributed by atoms with van der Waals surface area (Å²) in [5.41, 5.74) is 0.914. The average Bonchev–Trinajstić information content (AvgIpc) is 3.29. The van der Waals surface area contributed by atoms with Crippen LogP contribution in [0.2, 0.25) is 22.2 Å². The van der Waals surface area contributed by atoms with Gasteiger partial charge in [0.1, 0.15) is 18.3 Å². The number of nitrogens with one attached hydrogen (secondary N) is 1. The molecule has 4 atom stereocenters. The van der Waals surface area contributed by atoms with Crippen LogP contribution in [0.1, 0.15) is 61.6 Å². The Kier molecular flexibility index (Phi) is 6.97. The summed E-state index contributed by atoms with van der Waals surface area (Å²) in [6.45, 7) is 17.5. The van der Waals surface area contributed by atoms with Gasteiger partial charge in [-0.15, -0.1) is 0 Å². The van der Waals surface area contributed by atoms with E-state index in [9.17, 15) is 9.90 Å². The summed E-state index contributed by atoms with van der Waals surface area (Å²) in [7, 11) is -5.59. The molecule has 2 aliphatic heterocycles. The number of aromatic nitrogens is 4. The maximum atomic E-state index is 12.1. The van der Waals surface area contributed by atoms with E-state index in [4.69, 9.17) is 17.7 Å². The van der Waals surface area contributed by atoms with E-state index >= 15 is 0 Å². The Bertz CT molecular complexity index is 1060. The number of aromatic amines is 1. The van der Waals surface area contributed by atoms with E-state index in [1.807, 2.05) is 0 Å². The molecule has 0 radical (unpaired) electrons. The first-order valence-electron chi connectivity index (χ1n) is 12.2. The lowest BCUT2D eigenvalue weighted by Crippen LogP contribution is -2.65. The van der Waals surface area contributed by atoms with Crippen molar-refractivity contribution in [2.75, 3.05) is 6.61 Å². The van der Waals surface area contributed by atoms with E-state index in [-0.39, 0.29) is 39.8 Å². The van der Waals surface area contributed by atoms with Crippen LogP contribution in [0.3, 0.4) is 0 Å². The van der Waals surface area contributed by atoms with Crippen molar-refractivity contribution in [2.45, 2.75) is 102 Å². The van der Waals surface area contributed by atoms with Crippen LogP contribution in [-0.2, 0) is 17.7 Å². The van der Waals surface area contributed by atoms with Crippen LogP contribution < -0.4 is 5.56 Å². The van der Waals surface area contributed by atoms with Gasteiger partial charge < -0.3 is 27.8 Å². The van der Waals surface area contributed by atoms with Crippen molar-refractivity contribution in [3.63, 3.8) is 0 Å². The van der Waals surface area contributed by atoms with Crippen molar-refractivity contribution in [1.29, 1.82) is 0 Å². The van der Waals surface area contributed by atoms with Gasteiger partial charge in [0, 0.05) is 0 Å². The van der Waals surface area contributed by atoms with E-state index in [0.717, 1.165) is 0 Å². The number of H-pyrrole nitrogens is 1. The fourth-order valence-electron chi connectivity index (χ4n) is 5.42. The Morgan fingerprint density at radius 1 is 1.03 bits per heavy atom. The minimum Gasteiger partial charge on any atom is -0.414 e. The molecule has 4 heterocycles. The molecule has 0 amide bonds. The van der Waals surface area contributed by atoms with Gasteiger partial charge in [0.2, 0.25) is 0 Å². The second-order valence-corrected chi connectivity index (χ2v) is 19.5. The maximum Gasteiger partial charge on any atom is 0.335 e. The number of hydrogen-bond acceptors (Lipinski definition) is 8. The molecule has 4 rings (SSSR count). The number of aliphatic hydroxyl groups excluding tert-OH is 1. The minimum atomic E-state index is -2.88. The fourth-order valence-corrected chi connectivity index (χ4v) is 16.6. The number of ether oxygens (including phenoxy) is 1. The highest BCUT2D eigenvalue weighted by Crippen LogP contribution is 2.48. The van der Waals surface area contributed by atoms with E-state index < -0.39 is 41.7 Å². The van der Waals surface area contributed by atoms with Crippen molar-refractivity contribution >= 4 is 28.3 Å². The van der Waals surface area contributed by atoms with Gasteiger partial charge in [-0.05, 0) is 22.2 Å². The van der Waals surface area contributed by atoms with Gasteiger partial charge >= 0.3 is 17.1 Å². The second-order valence-electron chi connectivity index (χ2n) is 10.7. The van der Waals surface area contributed by atoms with Crippen LogP contribution in [-0.4, -0.2) is 66.7 Å². The van der Waals surface area contributed by atoms with Gasteiger partial charge in [0.05, 0.1) is 19.3 Å². The highest BCUT2D eigenvalue weighted by atomic mass is 28.5. The standard InChI is InChI=1S/C22H38N4O6Si2/c1-12(2)33(13(3)4)29-9-16-19(31-34(32-33,14(5)6)15(7)8)18(27)22(30-16)26-11-25-17-20(26)23-10-24-21(17)28/h10-16,18-19,22,27H,9H2,1-8H3,(H,23,24,28). The van der Waals surface area contributed by atoms with E-state index in [0.29, 0.717) is 5.65 Å². The summed E-state index contributed by atoms with van der Waals surface area (Å²) in [5, 5.41) is 11.5. The largest absolute Gasteiger partial charge is 0.414 e. The van der Waals surface area contributed by atoms with E-state index in [1.54, 1.807) is 4.57 Å². The van der Waals surface area contributed by atoms with Crippen molar-refractivity contribution in [2.24, 2.45) is 0 Å². The SMILES string of the molecule is CC(C)[Si]1(C(C)C)OCC2OC(n3cnc4c(=O)[nH]cnc43)C(O)C2O[Si](C(C)C)(C(C)C)O1.